The molecular formula is C13H21N3O. The van der Waals surface area contributed by atoms with E-state index in [1.807, 2.05) is 6.92 Å². The Labute approximate surface area is 103 Å². The van der Waals surface area contributed by atoms with Crippen molar-refractivity contribution in [3.8, 4) is 0 Å². The molecule has 0 aliphatic heterocycles. The van der Waals surface area contributed by atoms with Gasteiger partial charge in [-0.15, -0.1) is 0 Å². The molecule has 17 heavy (non-hydrogen) atoms. The molecule has 1 aromatic rings. The minimum absolute atomic E-state index is 0.168. The summed E-state index contributed by atoms with van der Waals surface area (Å²) in [4.78, 5) is 4.27. The van der Waals surface area contributed by atoms with E-state index < -0.39 is 0 Å². The van der Waals surface area contributed by atoms with Gasteiger partial charge in [0.15, 0.2) is 5.96 Å². The van der Waals surface area contributed by atoms with E-state index in [0.29, 0.717) is 19.1 Å². The maximum absolute atomic E-state index is 5.77. The van der Waals surface area contributed by atoms with Crippen LogP contribution in [0, 0.1) is 6.92 Å². The second-order valence-corrected chi connectivity index (χ2v) is 4.19. The van der Waals surface area contributed by atoms with E-state index in [1.165, 1.54) is 5.56 Å². The van der Waals surface area contributed by atoms with E-state index in [9.17, 15) is 0 Å². The van der Waals surface area contributed by atoms with E-state index >= 15 is 0 Å². The summed E-state index contributed by atoms with van der Waals surface area (Å²) in [5.41, 5.74) is 8.17. The Morgan fingerprint density at radius 2 is 2.06 bits per heavy atom. The summed E-state index contributed by atoms with van der Waals surface area (Å²) in [6.45, 7) is 5.27. The topological polar surface area (TPSA) is 59.6 Å². The van der Waals surface area contributed by atoms with Crippen molar-refractivity contribution in [2.45, 2.75) is 26.4 Å². The van der Waals surface area contributed by atoms with Gasteiger partial charge in [-0.2, -0.15) is 0 Å². The standard InChI is InChI=1S/C13H21N3O/c1-10-4-6-12(7-5-10)8-15-13(14)16-11(2)9-17-3/h4-7,11H,8-9H2,1-3H3,(H3,14,15,16). The molecule has 0 saturated heterocycles. The van der Waals surface area contributed by atoms with Crippen LogP contribution in [0.1, 0.15) is 18.1 Å². The van der Waals surface area contributed by atoms with Crippen molar-refractivity contribution < 1.29 is 4.74 Å². The van der Waals surface area contributed by atoms with Crippen LogP contribution in [0.25, 0.3) is 0 Å². The van der Waals surface area contributed by atoms with Crippen LogP contribution in [0.15, 0.2) is 29.3 Å². The van der Waals surface area contributed by atoms with Crippen LogP contribution >= 0.6 is 0 Å². The number of hydrogen-bond acceptors (Lipinski definition) is 2. The van der Waals surface area contributed by atoms with Crippen LogP contribution in [-0.4, -0.2) is 25.7 Å². The van der Waals surface area contributed by atoms with Gasteiger partial charge in [0.25, 0.3) is 0 Å². The van der Waals surface area contributed by atoms with Gasteiger partial charge in [0.05, 0.1) is 13.2 Å². The van der Waals surface area contributed by atoms with Gasteiger partial charge < -0.3 is 15.8 Å². The second kappa shape index (κ2) is 6.91. The third-order valence-electron chi connectivity index (χ3n) is 2.36. The van der Waals surface area contributed by atoms with Crippen molar-refractivity contribution in [2.24, 2.45) is 10.7 Å². The number of rotatable bonds is 5. The number of ether oxygens (including phenoxy) is 1. The van der Waals surface area contributed by atoms with Crippen molar-refractivity contribution in [2.75, 3.05) is 13.7 Å². The van der Waals surface area contributed by atoms with Crippen LogP contribution < -0.4 is 11.1 Å². The lowest BCUT2D eigenvalue weighted by molar-refractivity contribution is 0.179. The van der Waals surface area contributed by atoms with Crippen LogP contribution in [0.3, 0.4) is 0 Å². The molecule has 4 nitrogen and oxygen atoms in total. The first-order chi connectivity index (χ1) is 8.11. The van der Waals surface area contributed by atoms with Crippen molar-refractivity contribution in [3.05, 3.63) is 35.4 Å². The lowest BCUT2D eigenvalue weighted by Crippen LogP contribution is -2.40. The van der Waals surface area contributed by atoms with Crippen molar-refractivity contribution in [1.29, 1.82) is 0 Å². The Balaban J connectivity index is 2.44. The average molecular weight is 235 g/mol. The molecule has 1 atom stereocenters. The molecule has 0 saturated carbocycles. The summed E-state index contributed by atoms with van der Waals surface area (Å²) in [6, 6.07) is 8.43. The molecule has 0 heterocycles. The number of benzene rings is 1. The lowest BCUT2D eigenvalue weighted by Gasteiger charge is -2.13. The predicted octanol–water partition coefficient (Wildman–Crippen LogP) is 1.43. The second-order valence-electron chi connectivity index (χ2n) is 4.19. The molecule has 1 rings (SSSR count). The Hall–Kier alpha value is -1.55. The molecular weight excluding hydrogens is 214 g/mol. The summed E-state index contributed by atoms with van der Waals surface area (Å²) in [5, 5.41) is 3.07. The molecule has 0 fully saturated rings. The number of hydrogen-bond donors (Lipinski definition) is 2. The Kier molecular flexibility index (Phi) is 5.49. The quantitative estimate of drug-likeness (QED) is 0.599. The minimum Gasteiger partial charge on any atom is -0.383 e. The maximum atomic E-state index is 5.77. The van der Waals surface area contributed by atoms with E-state index in [2.05, 4.69) is 41.5 Å². The first kappa shape index (κ1) is 13.5. The fourth-order valence-corrected chi connectivity index (χ4v) is 1.46. The zero-order valence-electron chi connectivity index (χ0n) is 10.7. The first-order valence-electron chi connectivity index (χ1n) is 5.72. The normalized spacial score (nSPS) is 13.5. The van der Waals surface area contributed by atoms with Gasteiger partial charge in [-0.1, -0.05) is 29.8 Å². The largest absolute Gasteiger partial charge is 0.383 e. The van der Waals surface area contributed by atoms with Gasteiger partial charge in [-0.25, -0.2) is 4.99 Å². The van der Waals surface area contributed by atoms with Gasteiger partial charge in [0, 0.05) is 13.2 Å². The molecule has 1 aromatic carbocycles. The molecule has 0 bridgehead atoms. The number of aliphatic imine (C=N–C) groups is 1. The Morgan fingerprint density at radius 3 is 2.65 bits per heavy atom. The zero-order valence-corrected chi connectivity index (χ0v) is 10.7. The van der Waals surface area contributed by atoms with Crippen LogP contribution in [0.4, 0.5) is 0 Å². The van der Waals surface area contributed by atoms with Crippen molar-refractivity contribution >= 4 is 5.96 Å². The highest BCUT2D eigenvalue weighted by Gasteiger charge is 2.01. The third kappa shape index (κ3) is 5.36. The number of nitrogens with two attached hydrogens (primary N) is 1. The predicted molar refractivity (Wildman–Crippen MR) is 71.0 cm³/mol. The molecule has 0 aromatic heterocycles. The highest BCUT2D eigenvalue weighted by molar-refractivity contribution is 5.78. The lowest BCUT2D eigenvalue weighted by atomic mass is 10.1. The van der Waals surface area contributed by atoms with Gasteiger partial charge in [0.2, 0.25) is 0 Å². The Bertz CT molecular complexity index is 359. The molecule has 0 aliphatic rings. The summed E-state index contributed by atoms with van der Waals surface area (Å²) < 4.78 is 5.01. The van der Waals surface area contributed by atoms with Gasteiger partial charge >= 0.3 is 0 Å². The first-order valence-corrected chi connectivity index (χ1v) is 5.72. The van der Waals surface area contributed by atoms with Crippen LogP contribution in [0.5, 0.6) is 0 Å². The van der Waals surface area contributed by atoms with Crippen LogP contribution in [-0.2, 0) is 11.3 Å². The monoisotopic (exact) mass is 235 g/mol. The maximum Gasteiger partial charge on any atom is 0.189 e. The fourth-order valence-electron chi connectivity index (χ4n) is 1.46. The highest BCUT2D eigenvalue weighted by atomic mass is 16.5. The molecule has 3 N–H and O–H groups in total. The summed E-state index contributed by atoms with van der Waals surface area (Å²) >= 11 is 0. The summed E-state index contributed by atoms with van der Waals surface area (Å²) in [7, 11) is 1.66. The molecule has 0 amide bonds. The number of aryl methyl sites for hydroxylation is 1. The van der Waals surface area contributed by atoms with E-state index in [0.717, 1.165) is 5.56 Å². The Morgan fingerprint density at radius 1 is 1.41 bits per heavy atom. The smallest absolute Gasteiger partial charge is 0.189 e. The number of methoxy groups -OCH3 is 1. The molecule has 0 spiro atoms. The zero-order chi connectivity index (χ0) is 12.7. The highest BCUT2D eigenvalue weighted by Crippen LogP contribution is 2.03. The molecule has 1 unspecified atom stereocenters. The van der Waals surface area contributed by atoms with Gasteiger partial charge in [0.1, 0.15) is 0 Å². The average Bonchev–Trinajstić information content (AvgIpc) is 2.28. The number of guanidine groups is 1. The van der Waals surface area contributed by atoms with Crippen molar-refractivity contribution in [1.82, 2.24) is 5.32 Å². The summed E-state index contributed by atoms with van der Waals surface area (Å²) in [5.74, 6) is 0.454. The molecule has 0 aliphatic carbocycles. The van der Waals surface area contributed by atoms with Crippen molar-refractivity contribution in [3.63, 3.8) is 0 Å². The number of nitrogens with one attached hydrogen (secondary N) is 1. The molecule has 4 heteroatoms. The fraction of sp³-hybridized carbons (Fsp3) is 0.462. The number of nitrogens with zero attached hydrogens (tertiary/aromatic N) is 1. The van der Waals surface area contributed by atoms with E-state index in [4.69, 9.17) is 10.5 Å². The minimum atomic E-state index is 0.168. The van der Waals surface area contributed by atoms with E-state index in [1.54, 1.807) is 7.11 Å². The SMILES string of the molecule is COCC(C)NC(N)=NCc1ccc(C)cc1. The molecule has 94 valence electrons. The van der Waals surface area contributed by atoms with Gasteiger partial charge in [-0.3, -0.25) is 0 Å². The van der Waals surface area contributed by atoms with Gasteiger partial charge in [-0.05, 0) is 19.4 Å². The summed E-state index contributed by atoms with van der Waals surface area (Å²) in [6.07, 6.45) is 0. The van der Waals surface area contributed by atoms with E-state index in [-0.39, 0.29) is 6.04 Å². The molecule has 0 radical (unpaired) electrons. The van der Waals surface area contributed by atoms with Crippen LogP contribution in [0.2, 0.25) is 0 Å². The third-order valence-corrected chi connectivity index (χ3v) is 2.36.